The van der Waals surface area contributed by atoms with Crippen LogP contribution in [0.5, 0.6) is 5.75 Å². The fourth-order valence-electron chi connectivity index (χ4n) is 5.16. The van der Waals surface area contributed by atoms with E-state index in [-0.39, 0.29) is 12.3 Å². The maximum atomic E-state index is 11.6. The van der Waals surface area contributed by atoms with E-state index in [1.807, 2.05) is 36.0 Å². The number of rotatable bonds is 11. The molecule has 7 nitrogen and oxygen atoms in total. The van der Waals surface area contributed by atoms with Gasteiger partial charge in [-0.3, -0.25) is 9.78 Å². The lowest BCUT2D eigenvalue weighted by atomic mass is 9.79. The highest BCUT2D eigenvalue weighted by Crippen LogP contribution is 2.35. The lowest BCUT2D eigenvalue weighted by Gasteiger charge is -2.38. The number of hydrogen-bond donors (Lipinski definition) is 2. The highest BCUT2D eigenvalue weighted by atomic mass is 32.2. The first-order valence-electron chi connectivity index (χ1n) is 12.2. The first-order valence-corrected chi connectivity index (χ1v) is 13.2. The maximum absolute atomic E-state index is 11.6. The second-order valence-electron chi connectivity index (χ2n) is 9.39. The van der Waals surface area contributed by atoms with Crippen molar-refractivity contribution in [2.24, 2.45) is 18.9 Å². The summed E-state index contributed by atoms with van der Waals surface area (Å²) in [5, 5.41) is 22.7. The standard InChI is InChI=1S/C27H35N3O4S/c1-29-12-3-4-26(29)35-15-14-30-13-10-19(20(18-30)16-27(32)33)5-8-25(31)22-9-11-28-24-7-6-21(34-2)17-23(22)24/h3-4,6-7,9,11-12,17,19-20,25,31H,5,8,10,13-16,18H2,1-2H3,(H,32,33)/t19-,20+,25?/m1/s1. The van der Waals surface area contributed by atoms with Crippen LogP contribution in [0.15, 0.2) is 53.8 Å². The minimum Gasteiger partial charge on any atom is -0.497 e. The Balaban J connectivity index is 1.35. The molecule has 1 aliphatic heterocycles. The number of carboxylic acid groups (broad SMARTS) is 1. The Labute approximate surface area is 211 Å². The summed E-state index contributed by atoms with van der Waals surface area (Å²) in [7, 11) is 3.68. The van der Waals surface area contributed by atoms with Crippen molar-refractivity contribution in [1.29, 1.82) is 0 Å². The number of hydrogen-bond acceptors (Lipinski definition) is 6. The number of benzene rings is 1. The van der Waals surface area contributed by atoms with E-state index in [2.05, 4.69) is 39.8 Å². The number of thioether (sulfide) groups is 1. The van der Waals surface area contributed by atoms with Crippen LogP contribution in [0.3, 0.4) is 0 Å². The molecule has 2 N–H and O–H groups in total. The van der Waals surface area contributed by atoms with Gasteiger partial charge < -0.3 is 24.4 Å². The van der Waals surface area contributed by atoms with E-state index in [0.717, 1.165) is 60.4 Å². The summed E-state index contributed by atoms with van der Waals surface area (Å²) in [5.41, 5.74) is 1.67. The van der Waals surface area contributed by atoms with Crippen LogP contribution in [0.25, 0.3) is 10.9 Å². The zero-order valence-electron chi connectivity index (χ0n) is 20.5. The largest absolute Gasteiger partial charge is 0.497 e. The molecule has 35 heavy (non-hydrogen) atoms. The number of piperidine rings is 1. The number of aliphatic hydroxyl groups excluding tert-OH is 1. The Morgan fingerprint density at radius 2 is 2.14 bits per heavy atom. The van der Waals surface area contributed by atoms with Crippen LogP contribution in [0.2, 0.25) is 0 Å². The van der Waals surface area contributed by atoms with E-state index in [1.54, 1.807) is 13.3 Å². The van der Waals surface area contributed by atoms with Crippen molar-refractivity contribution in [3.63, 3.8) is 0 Å². The molecule has 3 atom stereocenters. The Morgan fingerprint density at radius 1 is 1.29 bits per heavy atom. The molecule has 1 aliphatic rings. The van der Waals surface area contributed by atoms with E-state index >= 15 is 0 Å². The quantitative estimate of drug-likeness (QED) is 0.374. The van der Waals surface area contributed by atoms with Crippen molar-refractivity contribution < 1.29 is 19.7 Å². The minimum absolute atomic E-state index is 0.0998. The van der Waals surface area contributed by atoms with Gasteiger partial charge in [-0.05, 0) is 79.6 Å². The van der Waals surface area contributed by atoms with Crippen molar-refractivity contribution in [2.75, 3.05) is 32.5 Å². The van der Waals surface area contributed by atoms with Crippen molar-refractivity contribution in [3.05, 3.63) is 54.4 Å². The van der Waals surface area contributed by atoms with E-state index < -0.39 is 12.1 Å². The van der Waals surface area contributed by atoms with Gasteiger partial charge in [0.1, 0.15) is 5.75 Å². The van der Waals surface area contributed by atoms with Gasteiger partial charge >= 0.3 is 5.97 Å². The summed E-state index contributed by atoms with van der Waals surface area (Å²) >= 11 is 1.84. The number of aliphatic carboxylic acids is 1. The first-order chi connectivity index (χ1) is 16.9. The summed E-state index contributed by atoms with van der Waals surface area (Å²) in [6.45, 7) is 2.72. The van der Waals surface area contributed by atoms with E-state index in [9.17, 15) is 15.0 Å². The molecule has 3 aromatic rings. The highest BCUT2D eigenvalue weighted by molar-refractivity contribution is 7.99. The molecule has 8 heteroatoms. The molecule has 1 unspecified atom stereocenters. The Morgan fingerprint density at radius 3 is 2.89 bits per heavy atom. The number of pyridine rings is 1. The second kappa shape index (κ2) is 11.9. The maximum Gasteiger partial charge on any atom is 0.303 e. The zero-order chi connectivity index (χ0) is 24.8. The fraction of sp³-hybridized carbons (Fsp3) is 0.481. The van der Waals surface area contributed by atoms with Crippen molar-refractivity contribution in [3.8, 4) is 5.75 Å². The molecule has 188 valence electrons. The average molecular weight is 498 g/mol. The molecule has 1 fully saturated rings. The minimum atomic E-state index is -0.743. The lowest BCUT2D eigenvalue weighted by Crippen LogP contribution is -2.42. The van der Waals surface area contributed by atoms with Crippen LogP contribution >= 0.6 is 11.8 Å². The topological polar surface area (TPSA) is 87.8 Å². The summed E-state index contributed by atoms with van der Waals surface area (Å²) < 4.78 is 7.48. The number of ether oxygens (including phenoxy) is 1. The Kier molecular flexibility index (Phi) is 8.70. The third kappa shape index (κ3) is 6.57. The SMILES string of the molecule is COc1ccc2nccc(C(O)CC[C@@H]3CCN(CCSc4cccn4C)C[C@@H]3CC(=O)O)c2c1. The highest BCUT2D eigenvalue weighted by Gasteiger charge is 2.31. The third-order valence-corrected chi connectivity index (χ3v) is 8.22. The summed E-state index contributed by atoms with van der Waals surface area (Å²) in [6.07, 6.45) is 5.70. The number of aliphatic hydroxyl groups is 1. The molecular formula is C27H35N3O4S. The van der Waals surface area contributed by atoms with Gasteiger partial charge in [-0.25, -0.2) is 0 Å². The molecule has 1 saturated heterocycles. The number of aryl methyl sites for hydroxylation is 1. The zero-order valence-corrected chi connectivity index (χ0v) is 21.3. The van der Waals surface area contributed by atoms with Crippen LogP contribution in [-0.4, -0.2) is 63.1 Å². The van der Waals surface area contributed by atoms with Crippen LogP contribution in [0.4, 0.5) is 0 Å². The number of likely N-dealkylation sites (tertiary alicyclic amines) is 1. The van der Waals surface area contributed by atoms with Crippen LogP contribution < -0.4 is 4.74 Å². The second-order valence-corrected chi connectivity index (χ2v) is 10.5. The molecule has 0 spiro atoms. The normalized spacial score (nSPS) is 19.6. The van der Waals surface area contributed by atoms with Gasteiger partial charge in [-0.15, -0.1) is 11.8 Å². The molecule has 3 heterocycles. The number of nitrogens with zero attached hydrogens (tertiary/aromatic N) is 3. The first kappa shape index (κ1) is 25.5. The number of carboxylic acids is 1. The molecular weight excluding hydrogens is 462 g/mol. The average Bonchev–Trinajstić information content (AvgIpc) is 3.26. The fourth-order valence-corrected chi connectivity index (χ4v) is 6.16. The van der Waals surface area contributed by atoms with Gasteiger partial charge in [0.15, 0.2) is 0 Å². The van der Waals surface area contributed by atoms with Crippen LogP contribution in [0, 0.1) is 11.8 Å². The molecule has 1 aromatic carbocycles. The monoisotopic (exact) mass is 497 g/mol. The van der Waals surface area contributed by atoms with Gasteiger partial charge in [0, 0.05) is 50.1 Å². The van der Waals surface area contributed by atoms with Crippen molar-refractivity contribution in [1.82, 2.24) is 14.5 Å². The third-order valence-electron chi connectivity index (χ3n) is 7.12. The van der Waals surface area contributed by atoms with Gasteiger partial charge in [-0.2, -0.15) is 0 Å². The molecule has 2 aromatic heterocycles. The van der Waals surface area contributed by atoms with E-state index in [1.165, 1.54) is 5.03 Å². The molecule has 4 rings (SSSR count). The molecule has 0 radical (unpaired) electrons. The molecule has 0 amide bonds. The van der Waals surface area contributed by atoms with Crippen LogP contribution in [-0.2, 0) is 11.8 Å². The van der Waals surface area contributed by atoms with Gasteiger partial charge in [0.2, 0.25) is 0 Å². The molecule has 0 saturated carbocycles. The van der Waals surface area contributed by atoms with Gasteiger partial charge in [0.25, 0.3) is 0 Å². The Hall–Kier alpha value is -2.55. The predicted octanol–water partition coefficient (Wildman–Crippen LogP) is 4.60. The lowest BCUT2D eigenvalue weighted by molar-refractivity contribution is -0.139. The summed E-state index contributed by atoms with van der Waals surface area (Å²) in [5.74, 6) is 1.37. The molecule has 0 bridgehead atoms. The van der Waals surface area contributed by atoms with Crippen molar-refractivity contribution in [2.45, 2.75) is 36.8 Å². The molecule has 0 aliphatic carbocycles. The number of carbonyl (C=O) groups is 1. The van der Waals surface area contributed by atoms with E-state index in [0.29, 0.717) is 12.3 Å². The number of fused-ring (bicyclic) bond motifs is 1. The van der Waals surface area contributed by atoms with Crippen LogP contribution in [0.1, 0.15) is 37.4 Å². The number of aromatic nitrogens is 2. The van der Waals surface area contributed by atoms with Gasteiger partial charge in [0.05, 0.1) is 23.8 Å². The van der Waals surface area contributed by atoms with E-state index in [4.69, 9.17) is 4.74 Å². The summed E-state index contributed by atoms with van der Waals surface area (Å²) in [6, 6.07) is 11.7. The number of methoxy groups -OCH3 is 1. The Bertz CT molecular complexity index is 1130. The summed E-state index contributed by atoms with van der Waals surface area (Å²) in [4.78, 5) is 18.4. The van der Waals surface area contributed by atoms with Crippen molar-refractivity contribution >= 4 is 28.6 Å². The smallest absolute Gasteiger partial charge is 0.303 e. The predicted molar refractivity (Wildman–Crippen MR) is 139 cm³/mol. The van der Waals surface area contributed by atoms with Gasteiger partial charge in [-0.1, -0.05) is 0 Å².